The standard InChI is InChI=1S/C10H20N2O2/c1-6(2)9-11-4-8-10(12-9)13-5-7(3)14-8/h6-12H,4-5H2,1-3H3/t7-,8?,9?,10?/m0/s1. The summed E-state index contributed by atoms with van der Waals surface area (Å²) >= 11 is 0. The van der Waals surface area contributed by atoms with Crippen molar-refractivity contribution >= 4 is 0 Å². The molecular formula is C10H20N2O2. The molecule has 2 aliphatic heterocycles. The number of rotatable bonds is 1. The van der Waals surface area contributed by atoms with Crippen LogP contribution < -0.4 is 10.6 Å². The van der Waals surface area contributed by atoms with Crippen LogP contribution in [0.1, 0.15) is 20.8 Å². The molecule has 2 rings (SSSR count). The van der Waals surface area contributed by atoms with Crippen LogP contribution in [0.15, 0.2) is 0 Å². The molecule has 0 aromatic rings. The van der Waals surface area contributed by atoms with Crippen molar-refractivity contribution < 1.29 is 9.47 Å². The van der Waals surface area contributed by atoms with Crippen molar-refractivity contribution in [2.45, 2.75) is 45.4 Å². The van der Waals surface area contributed by atoms with Crippen LogP contribution >= 0.6 is 0 Å². The van der Waals surface area contributed by atoms with E-state index in [-0.39, 0.29) is 18.4 Å². The molecule has 0 radical (unpaired) electrons. The highest BCUT2D eigenvalue weighted by atomic mass is 16.6. The summed E-state index contributed by atoms with van der Waals surface area (Å²) in [6, 6.07) is 0. The molecule has 2 fully saturated rings. The van der Waals surface area contributed by atoms with Gasteiger partial charge in [0.2, 0.25) is 0 Å². The molecule has 0 aromatic heterocycles. The normalized spacial score (nSPS) is 43.7. The SMILES string of the molecule is CC(C)C1NCC2O[C@@H](C)COC2N1. The van der Waals surface area contributed by atoms with Crippen molar-refractivity contribution in [3.63, 3.8) is 0 Å². The van der Waals surface area contributed by atoms with E-state index >= 15 is 0 Å². The predicted octanol–water partition coefficient (Wildman–Crippen LogP) is 0.291. The fourth-order valence-corrected chi connectivity index (χ4v) is 1.97. The molecular weight excluding hydrogens is 180 g/mol. The molecule has 14 heavy (non-hydrogen) atoms. The molecule has 2 saturated heterocycles. The van der Waals surface area contributed by atoms with Gasteiger partial charge in [-0.05, 0) is 12.8 Å². The smallest absolute Gasteiger partial charge is 0.137 e. The number of nitrogens with one attached hydrogen (secondary N) is 2. The second-order valence-corrected chi connectivity index (χ2v) is 4.54. The van der Waals surface area contributed by atoms with E-state index in [1.807, 2.05) is 6.92 Å². The van der Waals surface area contributed by atoms with Gasteiger partial charge in [0.25, 0.3) is 0 Å². The van der Waals surface area contributed by atoms with Crippen molar-refractivity contribution in [1.29, 1.82) is 0 Å². The summed E-state index contributed by atoms with van der Waals surface area (Å²) in [5.41, 5.74) is 0. The average Bonchev–Trinajstić information content (AvgIpc) is 2.16. The van der Waals surface area contributed by atoms with Gasteiger partial charge in [-0.25, -0.2) is 0 Å². The topological polar surface area (TPSA) is 42.5 Å². The van der Waals surface area contributed by atoms with Gasteiger partial charge < -0.3 is 9.47 Å². The maximum absolute atomic E-state index is 5.77. The highest BCUT2D eigenvalue weighted by Gasteiger charge is 2.36. The monoisotopic (exact) mass is 200 g/mol. The van der Waals surface area contributed by atoms with Crippen molar-refractivity contribution in [2.24, 2.45) is 5.92 Å². The van der Waals surface area contributed by atoms with Gasteiger partial charge in [-0.1, -0.05) is 13.8 Å². The largest absolute Gasteiger partial charge is 0.367 e. The molecule has 0 bridgehead atoms. The Balaban J connectivity index is 1.91. The van der Waals surface area contributed by atoms with E-state index in [1.165, 1.54) is 0 Å². The lowest BCUT2D eigenvalue weighted by atomic mass is 10.1. The van der Waals surface area contributed by atoms with E-state index < -0.39 is 0 Å². The molecule has 3 unspecified atom stereocenters. The minimum atomic E-state index is 0.0693. The van der Waals surface area contributed by atoms with Crippen molar-refractivity contribution in [2.75, 3.05) is 13.2 Å². The summed E-state index contributed by atoms with van der Waals surface area (Å²) in [7, 11) is 0. The van der Waals surface area contributed by atoms with E-state index in [2.05, 4.69) is 24.5 Å². The zero-order valence-corrected chi connectivity index (χ0v) is 9.12. The Morgan fingerprint density at radius 1 is 1.36 bits per heavy atom. The molecule has 4 nitrogen and oxygen atoms in total. The lowest BCUT2D eigenvalue weighted by Crippen LogP contribution is -2.66. The number of hydrogen-bond donors (Lipinski definition) is 2. The predicted molar refractivity (Wildman–Crippen MR) is 53.8 cm³/mol. The third kappa shape index (κ3) is 2.08. The number of fused-ring (bicyclic) bond motifs is 1. The first kappa shape index (κ1) is 10.4. The zero-order valence-electron chi connectivity index (χ0n) is 9.12. The Labute approximate surface area is 85.3 Å². The average molecular weight is 200 g/mol. The van der Waals surface area contributed by atoms with Crippen molar-refractivity contribution in [3.8, 4) is 0 Å². The summed E-state index contributed by atoms with van der Waals surface area (Å²) < 4.78 is 11.5. The van der Waals surface area contributed by atoms with Crippen LogP contribution in [0.3, 0.4) is 0 Å². The lowest BCUT2D eigenvalue weighted by Gasteiger charge is -2.43. The van der Waals surface area contributed by atoms with Gasteiger partial charge in [0, 0.05) is 6.54 Å². The second-order valence-electron chi connectivity index (χ2n) is 4.54. The Bertz CT molecular complexity index is 199. The Morgan fingerprint density at radius 3 is 2.86 bits per heavy atom. The Hall–Kier alpha value is -0.160. The molecule has 2 N–H and O–H groups in total. The van der Waals surface area contributed by atoms with E-state index in [1.54, 1.807) is 0 Å². The molecule has 0 aliphatic carbocycles. The second kappa shape index (κ2) is 4.14. The molecule has 4 atom stereocenters. The van der Waals surface area contributed by atoms with Gasteiger partial charge in [0.15, 0.2) is 0 Å². The third-order valence-electron chi connectivity index (χ3n) is 2.80. The van der Waals surface area contributed by atoms with E-state index in [0.717, 1.165) is 6.54 Å². The molecule has 2 aliphatic rings. The summed E-state index contributed by atoms with van der Waals surface area (Å²) in [6.07, 6.45) is 0.789. The molecule has 2 heterocycles. The van der Waals surface area contributed by atoms with Crippen molar-refractivity contribution in [3.05, 3.63) is 0 Å². The van der Waals surface area contributed by atoms with Crippen LogP contribution in [-0.2, 0) is 9.47 Å². The number of ether oxygens (including phenoxy) is 2. The van der Waals surface area contributed by atoms with Crippen LogP contribution in [-0.4, -0.2) is 37.8 Å². The fraction of sp³-hybridized carbons (Fsp3) is 1.00. The van der Waals surface area contributed by atoms with E-state index in [0.29, 0.717) is 18.7 Å². The van der Waals surface area contributed by atoms with Gasteiger partial charge in [0.05, 0.1) is 18.9 Å². The number of hydrogen-bond acceptors (Lipinski definition) is 4. The van der Waals surface area contributed by atoms with Crippen LogP contribution in [0.25, 0.3) is 0 Å². The molecule has 0 saturated carbocycles. The Morgan fingerprint density at radius 2 is 2.14 bits per heavy atom. The summed E-state index contributed by atoms with van der Waals surface area (Å²) in [5, 5.41) is 6.84. The Kier molecular flexibility index (Phi) is 3.07. The first-order valence-corrected chi connectivity index (χ1v) is 5.43. The van der Waals surface area contributed by atoms with Gasteiger partial charge in [-0.3, -0.25) is 10.6 Å². The molecule has 82 valence electrons. The highest BCUT2D eigenvalue weighted by Crippen LogP contribution is 2.17. The minimum absolute atomic E-state index is 0.0693. The van der Waals surface area contributed by atoms with Gasteiger partial charge in [0.1, 0.15) is 12.3 Å². The molecule has 0 spiro atoms. The maximum Gasteiger partial charge on any atom is 0.137 e. The summed E-state index contributed by atoms with van der Waals surface area (Å²) in [4.78, 5) is 0. The summed E-state index contributed by atoms with van der Waals surface area (Å²) in [6.45, 7) is 8.00. The molecule has 4 heteroatoms. The van der Waals surface area contributed by atoms with Crippen molar-refractivity contribution in [1.82, 2.24) is 10.6 Å². The molecule has 0 aromatic carbocycles. The fourth-order valence-electron chi connectivity index (χ4n) is 1.97. The van der Waals surface area contributed by atoms with E-state index in [9.17, 15) is 0 Å². The van der Waals surface area contributed by atoms with Gasteiger partial charge in [-0.2, -0.15) is 0 Å². The minimum Gasteiger partial charge on any atom is -0.367 e. The van der Waals surface area contributed by atoms with Crippen LogP contribution in [0.2, 0.25) is 0 Å². The zero-order chi connectivity index (χ0) is 10.1. The third-order valence-corrected chi connectivity index (χ3v) is 2.80. The summed E-state index contributed by atoms with van der Waals surface area (Å²) in [5.74, 6) is 0.568. The van der Waals surface area contributed by atoms with Crippen LogP contribution in [0.4, 0.5) is 0 Å². The highest BCUT2D eigenvalue weighted by molar-refractivity contribution is 4.86. The van der Waals surface area contributed by atoms with Crippen LogP contribution in [0.5, 0.6) is 0 Å². The maximum atomic E-state index is 5.77. The molecule has 0 amide bonds. The lowest BCUT2D eigenvalue weighted by molar-refractivity contribution is -0.199. The first-order chi connectivity index (χ1) is 6.66. The van der Waals surface area contributed by atoms with E-state index in [4.69, 9.17) is 9.47 Å². The quantitative estimate of drug-likeness (QED) is 0.638. The van der Waals surface area contributed by atoms with Gasteiger partial charge in [-0.15, -0.1) is 0 Å². The first-order valence-electron chi connectivity index (χ1n) is 5.43. The van der Waals surface area contributed by atoms with Gasteiger partial charge >= 0.3 is 0 Å². The van der Waals surface area contributed by atoms with Crippen LogP contribution in [0, 0.1) is 5.92 Å².